The molecule has 0 amide bonds. The molecule has 0 saturated heterocycles. The van der Waals surface area contributed by atoms with Crippen LogP contribution in [0.25, 0.3) is 0 Å². The van der Waals surface area contributed by atoms with Crippen LogP contribution >= 0.6 is 24.0 Å². The molecular weight excluding hydrogens is 485 g/mol. The molecule has 0 saturated carbocycles. The van der Waals surface area contributed by atoms with Crippen LogP contribution in [0.2, 0.25) is 0 Å². The van der Waals surface area contributed by atoms with Gasteiger partial charge in [-0.3, -0.25) is 4.99 Å². The summed E-state index contributed by atoms with van der Waals surface area (Å²) in [6, 6.07) is 5.98. The van der Waals surface area contributed by atoms with Crippen LogP contribution in [0.3, 0.4) is 0 Å². The van der Waals surface area contributed by atoms with E-state index in [0.29, 0.717) is 18.9 Å². The van der Waals surface area contributed by atoms with Gasteiger partial charge < -0.3 is 24.2 Å². The molecule has 0 radical (unpaired) electrons. The number of nitrogens with zero attached hydrogens (tertiary/aromatic N) is 4. The van der Waals surface area contributed by atoms with Crippen LogP contribution in [0.1, 0.15) is 37.0 Å². The number of methoxy groups -OCH3 is 2. The maximum atomic E-state index is 5.37. The molecule has 8 nitrogen and oxygen atoms in total. The van der Waals surface area contributed by atoms with E-state index < -0.39 is 0 Å². The van der Waals surface area contributed by atoms with Crippen molar-refractivity contribution in [3.05, 3.63) is 35.5 Å². The zero-order valence-electron chi connectivity index (χ0n) is 18.1. The number of aromatic nitrogens is 2. The highest BCUT2D eigenvalue weighted by Gasteiger charge is 2.11. The lowest BCUT2D eigenvalue weighted by Gasteiger charge is -2.22. The number of hydrogen-bond donors (Lipinski definition) is 1. The van der Waals surface area contributed by atoms with Gasteiger partial charge in [0.25, 0.3) is 0 Å². The minimum Gasteiger partial charge on any atom is -0.493 e. The number of nitrogens with one attached hydrogen (secondary N) is 1. The highest BCUT2D eigenvalue weighted by Crippen LogP contribution is 2.27. The molecule has 0 aliphatic rings. The van der Waals surface area contributed by atoms with Crippen LogP contribution in [0.15, 0.2) is 27.7 Å². The summed E-state index contributed by atoms with van der Waals surface area (Å²) in [5.41, 5.74) is 1.17. The van der Waals surface area contributed by atoms with Crippen LogP contribution in [0.4, 0.5) is 0 Å². The van der Waals surface area contributed by atoms with Crippen LogP contribution in [-0.4, -0.2) is 62.4 Å². The first kappa shape index (κ1) is 25.0. The maximum Gasteiger partial charge on any atom is 0.228 e. The lowest BCUT2D eigenvalue weighted by molar-refractivity contribution is 0.354. The van der Waals surface area contributed by atoms with E-state index in [1.807, 2.05) is 39.1 Å². The molecule has 0 bridgehead atoms. The molecule has 1 aromatic carbocycles. The number of aliphatic imine (C=N–C) groups is 1. The number of hydrogen-bond acceptors (Lipinski definition) is 6. The summed E-state index contributed by atoms with van der Waals surface area (Å²) in [4.78, 5) is 10.8. The first-order chi connectivity index (χ1) is 13.5. The molecule has 1 heterocycles. The Balaban J connectivity index is 0.00000420. The highest BCUT2D eigenvalue weighted by atomic mass is 127. The summed E-state index contributed by atoms with van der Waals surface area (Å²) in [6.45, 7) is 5.57. The Morgan fingerprint density at radius 2 is 1.93 bits per heavy atom. The summed E-state index contributed by atoms with van der Waals surface area (Å²) in [7, 11) is 7.07. The topological polar surface area (TPSA) is 85.0 Å². The molecule has 0 atom stereocenters. The molecule has 2 aromatic rings. The van der Waals surface area contributed by atoms with E-state index in [1.165, 1.54) is 5.56 Å². The van der Waals surface area contributed by atoms with E-state index in [1.54, 1.807) is 21.3 Å². The minimum absolute atomic E-state index is 0. The van der Waals surface area contributed by atoms with Gasteiger partial charge in [-0.2, -0.15) is 4.98 Å². The predicted octanol–water partition coefficient (Wildman–Crippen LogP) is 3.12. The number of halogens is 1. The molecule has 162 valence electrons. The number of likely N-dealkylation sites (N-methyl/N-ethyl adjacent to an activating group) is 1. The van der Waals surface area contributed by atoms with Crippen molar-refractivity contribution >= 4 is 29.9 Å². The fourth-order valence-electron chi connectivity index (χ4n) is 2.71. The Kier molecular flexibility index (Phi) is 10.8. The van der Waals surface area contributed by atoms with E-state index in [9.17, 15) is 0 Å². The van der Waals surface area contributed by atoms with Crippen molar-refractivity contribution in [2.75, 3.05) is 41.4 Å². The third-order valence-electron chi connectivity index (χ3n) is 4.38. The van der Waals surface area contributed by atoms with Gasteiger partial charge in [0, 0.05) is 39.5 Å². The Morgan fingerprint density at radius 1 is 1.21 bits per heavy atom. The summed E-state index contributed by atoms with van der Waals surface area (Å²) in [5.74, 6) is 3.94. The Morgan fingerprint density at radius 3 is 2.52 bits per heavy atom. The summed E-state index contributed by atoms with van der Waals surface area (Å²) in [6.07, 6.45) is 1.52. The van der Waals surface area contributed by atoms with Crippen LogP contribution < -0.4 is 14.8 Å². The smallest absolute Gasteiger partial charge is 0.228 e. The lowest BCUT2D eigenvalue weighted by atomic mass is 10.1. The van der Waals surface area contributed by atoms with Gasteiger partial charge in [0.15, 0.2) is 23.3 Å². The van der Waals surface area contributed by atoms with Crippen molar-refractivity contribution in [1.29, 1.82) is 0 Å². The van der Waals surface area contributed by atoms with Crippen molar-refractivity contribution in [3.8, 4) is 11.5 Å². The van der Waals surface area contributed by atoms with Crippen molar-refractivity contribution in [3.63, 3.8) is 0 Å². The van der Waals surface area contributed by atoms with Gasteiger partial charge >= 0.3 is 0 Å². The zero-order valence-corrected chi connectivity index (χ0v) is 20.4. The van der Waals surface area contributed by atoms with Crippen molar-refractivity contribution in [1.82, 2.24) is 20.4 Å². The SMILES string of the molecule is CN=C(NCCc1nc(C(C)C)no1)N(C)CCc1ccc(OC)c(OC)c1.I. The quantitative estimate of drug-likeness (QED) is 0.311. The second-order valence-corrected chi connectivity index (χ2v) is 6.79. The number of guanidine groups is 1. The molecule has 1 aromatic heterocycles. The first-order valence-electron chi connectivity index (χ1n) is 9.43. The summed E-state index contributed by atoms with van der Waals surface area (Å²) < 4.78 is 15.9. The van der Waals surface area contributed by atoms with Crippen molar-refractivity contribution < 1.29 is 14.0 Å². The van der Waals surface area contributed by atoms with E-state index in [4.69, 9.17) is 14.0 Å². The lowest BCUT2D eigenvalue weighted by Crippen LogP contribution is -2.40. The predicted molar refractivity (Wildman–Crippen MR) is 125 cm³/mol. The standard InChI is InChI=1S/C20H31N5O3.HI/c1-14(2)19-23-18(28-24-19)9-11-22-20(21-3)25(4)12-10-15-7-8-16(26-5)17(13-15)27-6;/h7-8,13-14H,9-12H2,1-6H3,(H,21,22);1H. The third kappa shape index (κ3) is 7.37. The average Bonchev–Trinajstić information content (AvgIpc) is 3.18. The normalized spacial score (nSPS) is 11.2. The Labute approximate surface area is 190 Å². The van der Waals surface area contributed by atoms with Gasteiger partial charge in [-0.15, -0.1) is 24.0 Å². The van der Waals surface area contributed by atoms with Gasteiger partial charge in [0.05, 0.1) is 14.2 Å². The second-order valence-electron chi connectivity index (χ2n) is 6.79. The Hall–Kier alpha value is -2.04. The van der Waals surface area contributed by atoms with Gasteiger partial charge in [0.1, 0.15) is 0 Å². The van der Waals surface area contributed by atoms with Gasteiger partial charge in [-0.25, -0.2) is 0 Å². The number of ether oxygens (including phenoxy) is 2. The van der Waals surface area contributed by atoms with E-state index in [-0.39, 0.29) is 29.9 Å². The van der Waals surface area contributed by atoms with Crippen LogP contribution in [0.5, 0.6) is 11.5 Å². The minimum atomic E-state index is 0. The molecule has 0 fully saturated rings. The largest absolute Gasteiger partial charge is 0.493 e. The average molecular weight is 517 g/mol. The van der Waals surface area contributed by atoms with Gasteiger partial charge in [-0.05, 0) is 24.1 Å². The second kappa shape index (κ2) is 12.5. The van der Waals surface area contributed by atoms with Crippen molar-refractivity contribution in [2.24, 2.45) is 4.99 Å². The van der Waals surface area contributed by atoms with E-state index >= 15 is 0 Å². The zero-order chi connectivity index (χ0) is 20.5. The highest BCUT2D eigenvalue weighted by molar-refractivity contribution is 14.0. The number of rotatable bonds is 9. The first-order valence-corrected chi connectivity index (χ1v) is 9.43. The molecular formula is C20H32IN5O3. The molecule has 0 aliphatic heterocycles. The molecule has 0 spiro atoms. The summed E-state index contributed by atoms with van der Waals surface area (Å²) >= 11 is 0. The molecule has 9 heteroatoms. The summed E-state index contributed by atoms with van der Waals surface area (Å²) in [5, 5.41) is 7.32. The Bertz CT molecular complexity index is 779. The molecule has 0 aliphatic carbocycles. The molecule has 29 heavy (non-hydrogen) atoms. The molecule has 2 rings (SSSR count). The van der Waals surface area contributed by atoms with Gasteiger partial charge in [-0.1, -0.05) is 25.1 Å². The third-order valence-corrected chi connectivity index (χ3v) is 4.38. The van der Waals surface area contributed by atoms with E-state index in [0.717, 1.165) is 36.2 Å². The van der Waals surface area contributed by atoms with Gasteiger partial charge in [0.2, 0.25) is 5.89 Å². The fraction of sp³-hybridized carbons (Fsp3) is 0.550. The van der Waals surface area contributed by atoms with E-state index in [2.05, 4.69) is 25.3 Å². The molecule has 1 N–H and O–H groups in total. The van der Waals surface area contributed by atoms with Crippen LogP contribution in [0, 0.1) is 0 Å². The van der Waals surface area contributed by atoms with Crippen LogP contribution in [-0.2, 0) is 12.8 Å². The monoisotopic (exact) mass is 517 g/mol. The fourth-order valence-corrected chi connectivity index (χ4v) is 2.71. The van der Waals surface area contributed by atoms with Crippen molar-refractivity contribution in [2.45, 2.75) is 32.6 Å². The molecule has 0 unspecified atom stereocenters. The number of benzene rings is 1. The maximum absolute atomic E-state index is 5.37.